The first kappa shape index (κ1) is 23.5. The lowest BCUT2D eigenvalue weighted by molar-refractivity contribution is 0.316. The van der Waals surface area contributed by atoms with Crippen molar-refractivity contribution in [2.45, 2.75) is 65.2 Å². The summed E-state index contributed by atoms with van der Waals surface area (Å²) < 4.78 is 0. The quantitative estimate of drug-likeness (QED) is 0.175. The van der Waals surface area contributed by atoms with Crippen LogP contribution in [0.1, 0.15) is 75.5 Å². The van der Waals surface area contributed by atoms with Gasteiger partial charge in [0.1, 0.15) is 0 Å². The lowest BCUT2D eigenvalue weighted by Crippen LogP contribution is -2.29. The van der Waals surface area contributed by atoms with Crippen LogP contribution in [0.25, 0.3) is 27.6 Å². The molecular formula is C32H37N3. The Morgan fingerprint density at radius 1 is 0.629 bits per heavy atom. The lowest BCUT2D eigenvalue weighted by atomic mass is 9.83. The summed E-state index contributed by atoms with van der Waals surface area (Å²) >= 11 is 0. The van der Waals surface area contributed by atoms with Crippen LogP contribution >= 0.6 is 0 Å². The van der Waals surface area contributed by atoms with Crippen molar-refractivity contribution < 1.29 is 0 Å². The van der Waals surface area contributed by atoms with Crippen LogP contribution in [-0.4, -0.2) is 28.0 Å². The third kappa shape index (κ3) is 4.96. The maximum atomic E-state index is 5.16. The number of para-hydroxylation sites is 3. The van der Waals surface area contributed by atoms with E-state index in [9.17, 15) is 0 Å². The molecule has 35 heavy (non-hydrogen) atoms. The molecule has 0 radical (unpaired) electrons. The Balaban J connectivity index is 1.71. The summed E-state index contributed by atoms with van der Waals surface area (Å²) in [5.41, 5.74) is 10.8. The van der Waals surface area contributed by atoms with Crippen LogP contribution in [0, 0.1) is 0 Å². The first-order valence-electron chi connectivity index (χ1n) is 13.5. The summed E-state index contributed by atoms with van der Waals surface area (Å²) in [4.78, 5) is 12.8. The summed E-state index contributed by atoms with van der Waals surface area (Å²) in [6, 6.07) is 23.7. The van der Waals surface area contributed by atoms with E-state index in [4.69, 9.17) is 9.97 Å². The predicted molar refractivity (Wildman–Crippen MR) is 148 cm³/mol. The van der Waals surface area contributed by atoms with E-state index >= 15 is 0 Å². The Kier molecular flexibility index (Phi) is 7.42. The van der Waals surface area contributed by atoms with Crippen molar-refractivity contribution in [1.29, 1.82) is 0 Å². The fourth-order valence-electron chi connectivity index (χ4n) is 5.46. The highest BCUT2D eigenvalue weighted by Crippen LogP contribution is 2.40. The van der Waals surface area contributed by atoms with Crippen LogP contribution in [-0.2, 0) is 6.42 Å². The van der Waals surface area contributed by atoms with Crippen molar-refractivity contribution in [1.82, 2.24) is 14.9 Å². The van der Waals surface area contributed by atoms with Crippen molar-refractivity contribution in [3.63, 3.8) is 0 Å². The number of hydrogen-bond acceptors (Lipinski definition) is 3. The molecule has 3 nitrogen and oxygen atoms in total. The second-order valence-corrected chi connectivity index (χ2v) is 9.77. The molecule has 3 heteroatoms. The number of nitrogens with zero attached hydrogens (tertiary/aromatic N) is 3. The smallest absolute Gasteiger partial charge is 0.0973 e. The molecular weight excluding hydrogens is 426 g/mol. The number of unbranched alkanes of at least 4 members (excludes halogenated alkanes) is 4. The Morgan fingerprint density at radius 3 is 2.00 bits per heavy atom. The van der Waals surface area contributed by atoms with Gasteiger partial charge in [-0.1, -0.05) is 88.1 Å². The Bertz CT molecular complexity index is 1330. The van der Waals surface area contributed by atoms with Crippen LogP contribution < -0.4 is 0 Å². The van der Waals surface area contributed by atoms with Gasteiger partial charge in [-0.25, -0.2) is 9.97 Å². The summed E-state index contributed by atoms with van der Waals surface area (Å²) in [5, 5.41) is 0. The molecule has 0 fully saturated rings. The van der Waals surface area contributed by atoms with Gasteiger partial charge in [0, 0.05) is 29.9 Å². The van der Waals surface area contributed by atoms with E-state index in [1.54, 1.807) is 0 Å². The van der Waals surface area contributed by atoms with E-state index in [0.717, 1.165) is 48.0 Å². The number of rotatable bonds is 10. The van der Waals surface area contributed by atoms with Gasteiger partial charge in [-0.15, -0.1) is 0 Å². The molecule has 0 atom stereocenters. The summed E-state index contributed by atoms with van der Waals surface area (Å²) in [7, 11) is 0. The van der Waals surface area contributed by atoms with Gasteiger partial charge in [0.2, 0.25) is 0 Å². The van der Waals surface area contributed by atoms with Crippen molar-refractivity contribution in [2.24, 2.45) is 0 Å². The Hall–Kier alpha value is -3.20. The number of aryl methyl sites for hydroxylation is 1. The van der Waals surface area contributed by atoms with Gasteiger partial charge in [-0.05, 0) is 55.0 Å². The molecule has 5 rings (SSSR count). The molecule has 0 saturated heterocycles. The normalized spacial score (nSPS) is 13.4. The van der Waals surface area contributed by atoms with E-state index < -0.39 is 0 Å². The van der Waals surface area contributed by atoms with Crippen LogP contribution in [0.3, 0.4) is 0 Å². The minimum Gasteiger partial charge on any atom is -0.374 e. The second kappa shape index (κ2) is 11.0. The van der Waals surface area contributed by atoms with Crippen LogP contribution in [0.5, 0.6) is 0 Å². The zero-order valence-corrected chi connectivity index (χ0v) is 21.3. The number of hydrogen-bond donors (Lipinski definition) is 0. The van der Waals surface area contributed by atoms with Gasteiger partial charge < -0.3 is 4.90 Å². The van der Waals surface area contributed by atoms with Crippen LogP contribution in [0.4, 0.5) is 0 Å². The highest BCUT2D eigenvalue weighted by Gasteiger charge is 2.25. The molecule has 0 aliphatic heterocycles. The lowest BCUT2D eigenvalue weighted by Gasteiger charge is -2.34. The topological polar surface area (TPSA) is 29.0 Å². The van der Waals surface area contributed by atoms with Gasteiger partial charge in [0.05, 0.1) is 22.1 Å². The van der Waals surface area contributed by atoms with Crippen LogP contribution in [0.2, 0.25) is 0 Å². The molecule has 0 bridgehead atoms. The minimum absolute atomic E-state index is 0.955. The van der Waals surface area contributed by atoms with Crippen molar-refractivity contribution in [2.75, 3.05) is 13.1 Å². The van der Waals surface area contributed by atoms with Gasteiger partial charge >= 0.3 is 0 Å². The number of benzene rings is 3. The maximum absolute atomic E-state index is 5.16. The van der Waals surface area contributed by atoms with Crippen molar-refractivity contribution >= 4 is 27.6 Å². The average molecular weight is 464 g/mol. The highest BCUT2D eigenvalue weighted by molar-refractivity contribution is 5.98. The zero-order valence-electron chi connectivity index (χ0n) is 21.3. The fourth-order valence-corrected chi connectivity index (χ4v) is 5.46. The van der Waals surface area contributed by atoms with E-state index in [0.29, 0.717) is 0 Å². The maximum Gasteiger partial charge on any atom is 0.0973 e. The monoisotopic (exact) mass is 463 g/mol. The molecule has 0 unspecified atom stereocenters. The number of aromatic nitrogens is 2. The van der Waals surface area contributed by atoms with E-state index in [1.165, 1.54) is 66.5 Å². The second-order valence-electron chi connectivity index (χ2n) is 9.77. The molecule has 4 aromatic rings. The molecule has 180 valence electrons. The van der Waals surface area contributed by atoms with E-state index in [2.05, 4.69) is 79.4 Å². The van der Waals surface area contributed by atoms with E-state index in [-0.39, 0.29) is 0 Å². The fraction of sp³-hybridized carbons (Fsp3) is 0.375. The SMILES string of the molecule is CCCCCN(CCCCC)C1=C(c2cccc3nc4ccccc4nc23)c2ccccc2CC1. The molecule has 1 aliphatic carbocycles. The molecule has 0 amide bonds. The van der Waals surface area contributed by atoms with Crippen molar-refractivity contribution in [3.8, 4) is 0 Å². The van der Waals surface area contributed by atoms with Crippen LogP contribution in [0.15, 0.2) is 72.4 Å². The minimum atomic E-state index is 0.955. The molecule has 0 N–H and O–H groups in total. The van der Waals surface area contributed by atoms with Gasteiger partial charge in [-0.2, -0.15) is 0 Å². The van der Waals surface area contributed by atoms with Gasteiger partial charge in [-0.3, -0.25) is 0 Å². The molecule has 1 aliphatic rings. The highest BCUT2D eigenvalue weighted by atomic mass is 15.1. The largest absolute Gasteiger partial charge is 0.374 e. The third-order valence-corrected chi connectivity index (χ3v) is 7.29. The summed E-state index contributed by atoms with van der Waals surface area (Å²) in [5.74, 6) is 0. The van der Waals surface area contributed by atoms with E-state index in [1.807, 2.05) is 6.07 Å². The zero-order chi connectivity index (χ0) is 24.0. The Morgan fingerprint density at radius 2 is 1.26 bits per heavy atom. The average Bonchev–Trinajstić information content (AvgIpc) is 2.90. The summed E-state index contributed by atoms with van der Waals surface area (Å²) in [6.07, 6.45) is 9.77. The summed E-state index contributed by atoms with van der Waals surface area (Å²) in [6.45, 7) is 6.86. The third-order valence-electron chi connectivity index (χ3n) is 7.29. The molecule has 1 heterocycles. The molecule has 1 aromatic heterocycles. The first-order chi connectivity index (χ1) is 17.3. The predicted octanol–water partition coefficient (Wildman–Crippen LogP) is 8.17. The van der Waals surface area contributed by atoms with Gasteiger partial charge in [0.15, 0.2) is 0 Å². The van der Waals surface area contributed by atoms with Gasteiger partial charge in [0.25, 0.3) is 0 Å². The molecule has 0 saturated carbocycles. The van der Waals surface area contributed by atoms with Crippen molar-refractivity contribution in [3.05, 3.63) is 89.1 Å². The number of fused-ring (bicyclic) bond motifs is 3. The Labute approximate surface area is 209 Å². The number of allylic oxidation sites excluding steroid dienone is 1. The first-order valence-corrected chi connectivity index (χ1v) is 13.5. The standard InChI is InChI=1S/C32H37N3/c1-3-5-11-22-35(23-12-6-4-2)30-21-20-24-14-7-8-15-25(24)31(30)26-16-13-19-29-32(26)34-28-18-10-9-17-27(28)33-29/h7-10,13-19H,3-6,11-12,20-23H2,1-2H3. The molecule has 3 aromatic carbocycles. The molecule has 0 spiro atoms.